The van der Waals surface area contributed by atoms with Crippen molar-refractivity contribution in [2.45, 2.75) is 154 Å². The molecule has 0 spiro atoms. The van der Waals surface area contributed by atoms with Crippen LogP contribution in [0.3, 0.4) is 0 Å². The molecule has 0 saturated heterocycles. The van der Waals surface area contributed by atoms with Crippen molar-refractivity contribution in [3.05, 3.63) is 0 Å². The lowest BCUT2D eigenvalue weighted by atomic mass is 10.0. The summed E-state index contributed by atoms with van der Waals surface area (Å²) in [6, 6.07) is -1.46. The van der Waals surface area contributed by atoms with Crippen LogP contribution >= 0.6 is 7.82 Å². The Kier molecular flexibility index (Phi) is 27.1. The summed E-state index contributed by atoms with van der Waals surface area (Å²) < 4.78 is 32.4. The molecule has 41 heavy (non-hydrogen) atoms. The van der Waals surface area contributed by atoms with Crippen LogP contribution in [0.15, 0.2) is 0 Å². The molecule has 0 bridgehead atoms. The van der Waals surface area contributed by atoms with Crippen LogP contribution in [0.5, 0.6) is 0 Å². The number of phosphoric acid groups is 1. The Morgan fingerprint density at radius 1 is 0.683 bits per heavy atom. The Morgan fingerprint density at radius 2 is 1.12 bits per heavy atom. The molecule has 0 fully saturated rings. The summed E-state index contributed by atoms with van der Waals surface area (Å²) >= 11 is 0. The van der Waals surface area contributed by atoms with Crippen LogP contribution in [0.4, 0.5) is 0 Å². The van der Waals surface area contributed by atoms with Gasteiger partial charge in [0.05, 0.1) is 19.8 Å². The minimum atomic E-state index is -4.57. The molecule has 10 nitrogen and oxygen atoms in total. The van der Waals surface area contributed by atoms with Crippen LogP contribution in [-0.2, 0) is 32.7 Å². The van der Waals surface area contributed by atoms with Gasteiger partial charge in [-0.25, -0.2) is 4.57 Å². The lowest BCUT2D eigenvalue weighted by molar-refractivity contribution is -0.154. The quantitative estimate of drug-likeness (QED) is 0.0414. The zero-order valence-electron chi connectivity index (χ0n) is 25.9. The third kappa shape index (κ3) is 27.5. The van der Waals surface area contributed by atoms with Gasteiger partial charge in [0, 0.05) is 13.0 Å². The van der Waals surface area contributed by atoms with Crippen molar-refractivity contribution >= 4 is 19.8 Å². The first-order chi connectivity index (χ1) is 19.7. The highest BCUT2D eigenvalue weighted by atomic mass is 31.2. The number of carboxylic acids is 1. The van der Waals surface area contributed by atoms with Crippen LogP contribution in [0.2, 0.25) is 0 Å². The van der Waals surface area contributed by atoms with Crippen molar-refractivity contribution in [3.63, 3.8) is 0 Å². The van der Waals surface area contributed by atoms with Crippen LogP contribution in [0.1, 0.15) is 142 Å². The number of hydrogen-bond donors (Lipinski definition) is 3. The summed E-state index contributed by atoms with van der Waals surface area (Å²) in [7, 11) is -4.57. The second-order valence-corrected chi connectivity index (χ2v) is 12.4. The Labute approximate surface area is 249 Å². The molecule has 0 radical (unpaired) electrons. The first-order valence-electron chi connectivity index (χ1n) is 16.1. The molecule has 0 aliphatic carbocycles. The summed E-state index contributed by atoms with van der Waals surface area (Å²) in [5.74, 6) is -1.83. The van der Waals surface area contributed by atoms with E-state index in [0.29, 0.717) is 13.0 Å². The van der Waals surface area contributed by atoms with Gasteiger partial charge in [0.2, 0.25) is 0 Å². The van der Waals surface area contributed by atoms with E-state index >= 15 is 0 Å². The van der Waals surface area contributed by atoms with Crippen molar-refractivity contribution in [2.24, 2.45) is 5.73 Å². The molecule has 0 aromatic carbocycles. The van der Waals surface area contributed by atoms with Gasteiger partial charge in [0.1, 0.15) is 12.1 Å². The van der Waals surface area contributed by atoms with Gasteiger partial charge in [-0.1, -0.05) is 123 Å². The highest BCUT2D eigenvalue weighted by Gasteiger charge is 2.27. The SMILES string of the molecule is CCCCCCCCCCCCCCCCCCCCOC[C@H](COP(=O)(O)OC[C@H](N)C(=O)O)OC(=O)CCC. The number of phosphoric ester groups is 1. The summed E-state index contributed by atoms with van der Waals surface area (Å²) in [4.78, 5) is 32.4. The zero-order valence-corrected chi connectivity index (χ0v) is 26.8. The number of hydrogen-bond acceptors (Lipinski definition) is 8. The fraction of sp³-hybridized carbons (Fsp3) is 0.933. The monoisotopic (exact) mass is 609 g/mol. The van der Waals surface area contributed by atoms with E-state index in [-0.39, 0.29) is 13.0 Å². The van der Waals surface area contributed by atoms with Crippen molar-refractivity contribution in [1.82, 2.24) is 0 Å². The van der Waals surface area contributed by atoms with Crippen molar-refractivity contribution in [2.75, 3.05) is 26.4 Å². The van der Waals surface area contributed by atoms with Crippen molar-refractivity contribution in [3.8, 4) is 0 Å². The number of carboxylic acid groups (broad SMARTS) is 1. The Balaban J connectivity index is 3.84. The fourth-order valence-electron chi connectivity index (χ4n) is 4.35. The highest BCUT2D eigenvalue weighted by Crippen LogP contribution is 2.43. The molecule has 11 heteroatoms. The molecule has 1 unspecified atom stereocenters. The van der Waals surface area contributed by atoms with Gasteiger partial charge >= 0.3 is 19.8 Å². The molecule has 244 valence electrons. The number of carbonyl (C=O) groups excluding carboxylic acids is 1. The van der Waals surface area contributed by atoms with E-state index in [9.17, 15) is 19.0 Å². The lowest BCUT2D eigenvalue weighted by Crippen LogP contribution is -2.34. The first-order valence-corrected chi connectivity index (χ1v) is 17.6. The normalized spacial score (nSPS) is 14.4. The Morgan fingerprint density at radius 3 is 1.56 bits per heavy atom. The molecule has 0 amide bonds. The van der Waals surface area contributed by atoms with E-state index in [1.54, 1.807) is 0 Å². The Hall–Kier alpha value is -1.03. The van der Waals surface area contributed by atoms with Crippen LogP contribution < -0.4 is 5.73 Å². The smallest absolute Gasteiger partial charge is 0.472 e. The minimum absolute atomic E-state index is 0.0169. The van der Waals surface area contributed by atoms with Gasteiger partial charge in [0.25, 0.3) is 0 Å². The fourth-order valence-corrected chi connectivity index (χ4v) is 5.12. The molecule has 0 aliphatic heterocycles. The van der Waals surface area contributed by atoms with E-state index in [0.717, 1.165) is 19.3 Å². The van der Waals surface area contributed by atoms with E-state index in [1.807, 2.05) is 6.92 Å². The van der Waals surface area contributed by atoms with Crippen LogP contribution in [-0.4, -0.2) is 60.5 Å². The second-order valence-electron chi connectivity index (χ2n) is 11.0. The average Bonchev–Trinajstić information content (AvgIpc) is 2.93. The number of aliphatic carboxylic acids is 1. The largest absolute Gasteiger partial charge is 0.480 e. The molecule has 4 N–H and O–H groups in total. The molecule has 0 saturated carbocycles. The third-order valence-corrected chi connectivity index (χ3v) is 7.81. The molecule has 0 rings (SSSR count). The van der Waals surface area contributed by atoms with E-state index in [4.69, 9.17) is 24.8 Å². The van der Waals surface area contributed by atoms with Gasteiger partial charge in [-0.3, -0.25) is 18.6 Å². The first kappa shape index (κ1) is 40.0. The molecular weight excluding hydrogens is 549 g/mol. The van der Waals surface area contributed by atoms with Crippen LogP contribution in [0, 0.1) is 0 Å². The number of esters is 1. The highest BCUT2D eigenvalue weighted by molar-refractivity contribution is 7.47. The number of carbonyl (C=O) groups is 2. The van der Waals surface area contributed by atoms with Crippen molar-refractivity contribution < 1.29 is 42.7 Å². The van der Waals surface area contributed by atoms with Gasteiger partial charge in [0.15, 0.2) is 0 Å². The van der Waals surface area contributed by atoms with Gasteiger partial charge in [-0.2, -0.15) is 0 Å². The average molecular weight is 610 g/mol. The molecule has 0 aliphatic rings. The van der Waals surface area contributed by atoms with Gasteiger partial charge in [-0.15, -0.1) is 0 Å². The maximum Gasteiger partial charge on any atom is 0.472 e. The van der Waals surface area contributed by atoms with E-state index in [2.05, 4.69) is 11.4 Å². The van der Waals surface area contributed by atoms with E-state index < -0.39 is 45.1 Å². The van der Waals surface area contributed by atoms with Crippen LogP contribution in [0.25, 0.3) is 0 Å². The minimum Gasteiger partial charge on any atom is -0.480 e. The number of unbranched alkanes of at least 4 members (excludes halogenated alkanes) is 17. The zero-order chi connectivity index (χ0) is 30.6. The van der Waals surface area contributed by atoms with Gasteiger partial charge in [-0.05, 0) is 12.8 Å². The molecule has 0 heterocycles. The predicted molar refractivity (Wildman–Crippen MR) is 162 cm³/mol. The summed E-state index contributed by atoms with van der Waals surface area (Å²) in [5, 5.41) is 8.75. The van der Waals surface area contributed by atoms with E-state index in [1.165, 1.54) is 96.3 Å². The predicted octanol–water partition coefficient (Wildman–Crippen LogP) is 7.30. The Bertz CT molecular complexity index is 680. The topological polar surface area (TPSA) is 155 Å². The number of nitrogens with two attached hydrogens (primary N) is 1. The maximum atomic E-state index is 12.0. The standard InChI is InChI=1S/C30H60NO9P/c1-3-5-6-7-8-9-10-11-12-13-14-15-16-17-18-19-20-21-23-37-24-27(40-29(32)22-4-2)25-38-41(35,36)39-26-28(31)30(33)34/h27-28H,3-26,31H2,1-2H3,(H,33,34)(H,35,36)/t27-,28+/m1/s1. The number of ether oxygens (including phenoxy) is 2. The molecular formula is C30H60NO9P. The lowest BCUT2D eigenvalue weighted by Gasteiger charge is -2.20. The molecule has 0 aromatic heterocycles. The van der Waals surface area contributed by atoms with Crippen molar-refractivity contribution in [1.29, 1.82) is 0 Å². The number of rotatable bonds is 31. The summed E-state index contributed by atoms with van der Waals surface area (Å²) in [6.07, 6.45) is 23.4. The maximum absolute atomic E-state index is 12.0. The molecule has 0 aromatic rings. The second kappa shape index (κ2) is 27.8. The molecule has 3 atom stereocenters. The summed E-state index contributed by atoms with van der Waals surface area (Å²) in [6.45, 7) is 3.48. The van der Waals surface area contributed by atoms with Gasteiger partial charge < -0.3 is 25.2 Å². The third-order valence-electron chi connectivity index (χ3n) is 6.86. The summed E-state index contributed by atoms with van der Waals surface area (Å²) in [5.41, 5.74) is 5.26.